The minimum absolute atomic E-state index is 0.476. The highest BCUT2D eigenvalue weighted by molar-refractivity contribution is 6.73. The molecule has 4 bridgehead atoms. The summed E-state index contributed by atoms with van der Waals surface area (Å²) in [4.78, 5) is 0. The molecule has 5 atom stereocenters. The van der Waals surface area contributed by atoms with Crippen LogP contribution in [0, 0.1) is 17.8 Å². The number of methoxy groups -OCH3 is 1. The summed E-state index contributed by atoms with van der Waals surface area (Å²) < 4.78 is 12.9. The predicted molar refractivity (Wildman–Crippen MR) is 104 cm³/mol. The van der Waals surface area contributed by atoms with Crippen LogP contribution >= 0.6 is 0 Å². The molecular weight excluding hydrogens is 312 g/mol. The van der Waals surface area contributed by atoms with Crippen LogP contribution in [0.25, 0.3) is 0 Å². The van der Waals surface area contributed by atoms with Crippen molar-refractivity contribution in [1.29, 1.82) is 0 Å². The molecule has 3 aliphatic carbocycles. The van der Waals surface area contributed by atoms with Crippen LogP contribution in [0.3, 0.4) is 0 Å². The molecule has 3 aliphatic rings. The van der Waals surface area contributed by atoms with Crippen molar-refractivity contribution in [2.75, 3.05) is 7.11 Å². The van der Waals surface area contributed by atoms with Gasteiger partial charge in [0.25, 0.3) is 0 Å². The third kappa shape index (κ3) is 3.54. The van der Waals surface area contributed by atoms with Gasteiger partial charge in [0.15, 0.2) is 8.32 Å². The molecular formula is C21H38O2Si. The first-order chi connectivity index (χ1) is 11.7. The van der Waals surface area contributed by atoms with Crippen LogP contribution in [-0.4, -0.2) is 27.6 Å². The van der Waals surface area contributed by atoms with Gasteiger partial charge in [0, 0.05) is 13.0 Å². The first-order valence-corrected chi connectivity index (χ1v) is 13.1. The zero-order chi connectivity index (χ0) is 17.2. The number of hydrogen-bond acceptors (Lipinski definition) is 2. The van der Waals surface area contributed by atoms with E-state index in [1.54, 1.807) is 5.57 Å². The second kappa shape index (κ2) is 8.05. The number of hydrogen-bond donors (Lipinski definition) is 0. The molecule has 0 aliphatic heterocycles. The fourth-order valence-electron chi connectivity index (χ4n) is 5.81. The summed E-state index contributed by atoms with van der Waals surface area (Å²) in [7, 11) is 0.394. The van der Waals surface area contributed by atoms with E-state index in [4.69, 9.17) is 9.16 Å². The summed E-state index contributed by atoms with van der Waals surface area (Å²) in [5.41, 5.74) is 1.79. The van der Waals surface area contributed by atoms with Gasteiger partial charge in [0.1, 0.15) is 0 Å². The van der Waals surface area contributed by atoms with Gasteiger partial charge < -0.3 is 9.16 Å². The molecule has 0 aromatic rings. The maximum atomic E-state index is 7.07. The Morgan fingerprint density at radius 3 is 2.38 bits per heavy atom. The number of ether oxygens (including phenoxy) is 1. The van der Waals surface area contributed by atoms with Crippen LogP contribution in [0.4, 0.5) is 0 Å². The minimum Gasteiger partial charge on any atom is -0.413 e. The molecule has 0 radical (unpaired) electrons. The van der Waals surface area contributed by atoms with E-state index in [0.29, 0.717) is 18.1 Å². The summed E-state index contributed by atoms with van der Waals surface area (Å²) in [5, 5.41) is 0. The van der Waals surface area contributed by atoms with E-state index < -0.39 is 8.32 Å². The molecule has 0 amide bonds. The molecule has 0 saturated heterocycles. The van der Waals surface area contributed by atoms with Crippen LogP contribution in [0.1, 0.15) is 65.7 Å². The zero-order valence-corrected chi connectivity index (χ0v) is 17.4. The molecule has 0 N–H and O–H groups in total. The lowest BCUT2D eigenvalue weighted by atomic mass is 9.62. The lowest BCUT2D eigenvalue weighted by Gasteiger charge is -2.50. The minimum atomic E-state index is -1.52. The van der Waals surface area contributed by atoms with Crippen molar-refractivity contribution in [2.45, 2.75) is 96.1 Å². The van der Waals surface area contributed by atoms with Crippen LogP contribution < -0.4 is 0 Å². The first kappa shape index (κ1) is 18.7. The zero-order valence-electron chi connectivity index (χ0n) is 16.4. The second-order valence-corrected chi connectivity index (χ2v) is 13.1. The Morgan fingerprint density at radius 2 is 1.71 bits per heavy atom. The molecule has 2 nitrogen and oxygen atoms in total. The lowest BCUT2D eigenvalue weighted by Crippen LogP contribution is -2.49. The maximum Gasteiger partial charge on any atom is 0.192 e. The Labute approximate surface area is 150 Å². The molecule has 0 unspecified atom stereocenters. The SMILES string of the molecule is CC[Si](CC)(CC)O[C@H]1CC[C@H]2CC[C@H](OC)C[C@@H]3CCC=C2[C@@H]31. The average Bonchev–Trinajstić information content (AvgIpc) is 2.64. The summed E-state index contributed by atoms with van der Waals surface area (Å²) in [6, 6.07) is 3.82. The topological polar surface area (TPSA) is 18.5 Å². The second-order valence-electron chi connectivity index (χ2n) is 8.41. The van der Waals surface area contributed by atoms with E-state index in [1.165, 1.54) is 63.1 Å². The van der Waals surface area contributed by atoms with E-state index in [9.17, 15) is 0 Å². The van der Waals surface area contributed by atoms with Gasteiger partial charge in [-0.2, -0.15) is 0 Å². The van der Waals surface area contributed by atoms with Crippen molar-refractivity contribution in [2.24, 2.45) is 17.8 Å². The third-order valence-corrected chi connectivity index (χ3v) is 12.2. The van der Waals surface area contributed by atoms with Crippen LogP contribution in [0.2, 0.25) is 18.1 Å². The largest absolute Gasteiger partial charge is 0.413 e. The highest BCUT2D eigenvalue weighted by atomic mass is 28.4. The van der Waals surface area contributed by atoms with E-state index in [0.717, 1.165) is 11.8 Å². The summed E-state index contributed by atoms with van der Waals surface area (Å²) in [6.07, 6.45) is 12.7. The van der Waals surface area contributed by atoms with Gasteiger partial charge in [-0.1, -0.05) is 32.4 Å². The van der Waals surface area contributed by atoms with Crippen LogP contribution in [-0.2, 0) is 9.16 Å². The Kier molecular flexibility index (Phi) is 6.26. The number of allylic oxidation sites excluding steroid dienone is 1. The monoisotopic (exact) mass is 350 g/mol. The Morgan fingerprint density at radius 1 is 1.00 bits per heavy atom. The van der Waals surface area contributed by atoms with Gasteiger partial charge >= 0.3 is 0 Å². The van der Waals surface area contributed by atoms with Crippen LogP contribution in [0.15, 0.2) is 11.6 Å². The predicted octanol–water partition coefficient (Wildman–Crippen LogP) is 5.94. The normalized spacial score (nSPS) is 36.7. The molecule has 3 rings (SSSR count). The fraction of sp³-hybridized carbons (Fsp3) is 0.905. The summed E-state index contributed by atoms with van der Waals surface area (Å²) in [5.74, 6) is 2.31. The highest BCUT2D eigenvalue weighted by Gasteiger charge is 2.45. The van der Waals surface area contributed by atoms with Gasteiger partial charge in [0.2, 0.25) is 0 Å². The standard InChI is InChI=1S/C21H38O2Si/c1-5-24(6-2,7-3)23-20-14-12-16-11-13-18(22-4)15-17-9-8-10-19(16)21(17)20/h10,16-18,20-21H,5-9,11-15H2,1-4H3/t16-,17+,18+,20+,21-/m1/s1. The molecule has 0 spiro atoms. The summed E-state index contributed by atoms with van der Waals surface area (Å²) in [6.45, 7) is 7.10. The number of rotatable bonds is 6. The fourth-order valence-corrected chi connectivity index (χ4v) is 8.71. The van der Waals surface area contributed by atoms with E-state index >= 15 is 0 Å². The molecule has 3 heteroatoms. The molecule has 0 heterocycles. The molecule has 2 saturated carbocycles. The van der Waals surface area contributed by atoms with Gasteiger partial charge in [-0.25, -0.2) is 0 Å². The molecule has 24 heavy (non-hydrogen) atoms. The van der Waals surface area contributed by atoms with Gasteiger partial charge in [0.05, 0.1) is 12.2 Å². The highest BCUT2D eigenvalue weighted by Crippen LogP contribution is 2.50. The quantitative estimate of drug-likeness (QED) is 0.436. The van der Waals surface area contributed by atoms with Crippen molar-refractivity contribution >= 4 is 8.32 Å². The Bertz CT molecular complexity index is 435. The molecule has 0 aromatic heterocycles. The Hall–Kier alpha value is -0.123. The van der Waals surface area contributed by atoms with Crippen molar-refractivity contribution in [3.63, 3.8) is 0 Å². The van der Waals surface area contributed by atoms with Crippen molar-refractivity contribution in [3.05, 3.63) is 11.6 Å². The molecule has 138 valence electrons. The lowest BCUT2D eigenvalue weighted by molar-refractivity contribution is 0.00166. The Balaban J connectivity index is 1.85. The van der Waals surface area contributed by atoms with Crippen molar-refractivity contribution in [3.8, 4) is 0 Å². The maximum absolute atomic E-state index is 7.07. The molecule has 0 aromatic carbocycles. The van der Waals surface area contributed by atoms with Gasteiger partial charge in [-0.05, 0) is 74.9 Å². The van der Waals surface area contributed by atoms with Crippen molar-refractivity contribution in [1.82, 2.24) is 0 Å². The van der Waals surface area contributed by atoms with Gasteiger partial charge in [-0.3, -0.25) is 0 Å². The van der Waals surface area contributed by atoms with E-state index in [2.05, 4.69) is 26.8 Å². The van der Waals surface area contributed by atoms with Crippen molar-refractivity contribution < 1.29 is 9.16 Å². The van der Waals surface area contributed by atoms with Crippen LogP contribution in [0.5, 0.6) is 0 Å². The first-order valence-electron chi connectivity index (χ1n) is 10.6. The third-order valence-electron chi connectivity index (χ3n) is 7.55. The van der Waals surface area contributed by atoms with Gasteiger partial charge in [-0.15, -0.1) is 0 Å². The smallest absolute Gasteiger partial charge is 0.192 e. The summed E-state index contributed by atoms with van der Waals surface area (Å²) >= 11 is 0. The molecule has 2 fully saturated rings. The average molecular weight is 351 g/mol. The van der Waals surface area contributed by atoms with E-state index in [-0.39, 0.29) is 0 Å². The van der Waals surface area contributed by atoms with E-state index in [1.807, 2.05) is 7.11 Å².